The molecule has 1 aromatic carbocycles. The fraction of sp³-hybridized carbons (Fsp3) is 0.238. The molecule has 5 rings (SSSR count). The second-order valence-corrected chi connectivity index (χ2v) is 7.93. The maximum absolute atomic E-state index is 12.7. The average Bonchev–Trinajstić information content (AvgIpc) is 3.47. The standard InChI is InChI=1S/C21H15N5O7/c27-20-18-12-2-3-13(8-12)19(18)21(28)24(20)23-9-11-1-5-16(15(7-11)26(31)32)33-17-6-4-14(10-22-17)25(29)30/h1-7,9-10,12-13,18-19H,8H2/t12-,13-,18-,19+/m0/s1. The topological polar surface area (TPSA) is 158 Å². The maximum Gasteiger partial charge on any atom is 0.312 e. The molecule has 0 unspecified atom stereocenters. The second kappa shape index (κ2) is 7.58. The van der Waals surface area contributed by atoms with Crippen molar-refractivity contribution in [2.24, 2.45) is 28.8 Å². The van der Waals surface area contributed by atoms with E-state index in [2.05, 4.69) is 10.1 Å². The fourth-order valence-corrected chi connectivity index (χ4v) is 4.62. The number of aromatic nitrogens is 1. The molecule has 3 aliphatic rings. The number of hydrogen-bond acceptors (Lipinski definition) is 9. The fourth-order valence-electron chi connectivity index (χ4n) is 4.62. The van der Waals surface area contributed by atoms with Crippen molar-refractivity contribution in [1.29, 1.82) is 0 Å². The Bertz CT molecular complexity index is 1230. The smallest absolute Gasteiger partial charge is 0.312 e. The van der Waals surface area contributed by atoms with Crippen molar-refractivity contribution in [2.75, 3.05) is 0 Å². The molecule has 1 saturated heterocycles. The molecule has 2 aliphatic carbocycles. The van der Waals surface area contributed by atoms with Crippen LogP contribution < -0.4 is 4.74 Å². The first-order valence-corrected chi connectivity index (χ1v) is 10.0. The van der Waals surface area contributed by atoms with Crippen LogP contribution in [0.2, 0.25) is 0 Å². The van der Waals surface area contributed by atoms with Crippen molar-refractivity contribution in [3.8, 4) is 11.6 Å². The van der Waals surface area contributed by atoms with Crippen molar-refractivity contribution in [3.63, 3.8) is 0 Å². The zero-order valence-electron chi connectivity index (χ0n) is 16.8. The van der Waals surface area contributed by atoms with Gasteiger partial charge in [-0.05, 0) is 30.4 Å². The lowest BCUT2D eigenvalue weighted by Crippen LogP contribution is -2.28. The van der Waals surface area contributed by atoms with Gasteiger partial charge in [-0.3, -0.25) is 29.8 Å². The molecule has 0 N–H and O–H groups in total. The first-order chi connectivity index (χ1) is 15.8. The summed E-state index contributed by atoms with van der Waals surface area (Å²) in [6.07, 6.45) is 6.95. The van der Waals surface area contributed by atoms with Crippen LogP contribution in [0.1, 0.15) is 12.0 Å². The Morgan fingerprint density at radius 3 is 2.30 bits per heavy atom. The zero-order chi connectivity index (χ0) is 23.3. The van der Waals surface area contributed by atoms with Crippen LogP contribution >= 0.6 is 0 Å². The van der Waals surface area contributed by atoms with Crippen molar-refractivity contribution in [1.82, 2.24) is 9.99 Å². The summed E-state index contributed by atoms with van der Waals surface area (Å²) in [5, 5.41) is 27.1. The Balaban J connectivity index is 1.35. The summed E-state index contributed by atoms with van der Waals surface area (Å²) in [5.74, 6) is -1.55. The van der Waals surface area contributed by atoms with Crippen LogP contribution in [0.3, 0.4) is 0 Å². The summed E-state index contributed by atoms with van der Waals surface area (Å²) in [5.41, 5.74) is -0.371. The summed E-state index contributed by atoms with van der Waals surface area (Å²) in [6, 6.07) is 6.35. The molecule has 4 atom stereocenters. The van der Waals surface area contributed by atoms with Crippen LogP contribution in [-0.4, -0.2) is 37.9 Å². The van der Waals surface area contributed by atoms with Gasteiger partial charge in [0.15, 0.2) is 0 Å². The number of pyridine rings is 1. The Labute approximate surface area is 185 Å². The predicted molar refractivity (Wildman–Crippen MR) is 111 cm³/mol. The highest BCUT2D eigenvalue weighted by Gasteiger charge is 2.59. The van der Waals surface area contributed by atoms with E-state index in [-0.39, 0.29) is 58.4 Å². The highest BCUT2D eigenvalue weighted by atomic mass is 16.6. The van der Waals surface area contributed by atoms with Crippen LogP contribution in [0.5, 0.6) is 11.6 Å². The molecule has 0 radical (unpaired) electrons. The number of nitro benzene ring substituents is 1. The van der Waals surface area contributed by atoms with Crippen molar-refractivity contribution in [3.05, 3.63) is 74.5 Å². The summed E-state index contributed by atoms with van der Waals surface area (Å²) in [7, 11) is 0. The third-order valence-electron chi connectivity index (χ3n) is 6.10. The maximum atomic E-state index is 12.7. The van der Waals surface area contributed by atoms with Gasteiger partial charge in [-0.2, -0.15) is 10.1 Å². The highest BCUT2D eigenvalue weighted by Crippen LogP contribution is 2.52. The lowest BCUT2D eigenvalue weighted by molar-refractivity contribution is -0.385. The van der Waals surface area contributed by atoms with Gasteiger partial charge in [0.05, 0.1) is 27.9 Å². The van der Waals surface area contributed by atoms with Gasteiger partial charge in [0.1, 0.15) is 6.20 Å². The molecule has 1 aromatic heterocycles. The summed E-state index contributed by atoms with van der Waals surface area (Å²) in [4.78, 5) is 50.1. The number of ether oxygens (including phenoxy) is 1. The normalized spacial score (nSPS) is 25.2. The number of imide groups is 1. The van der Waals surface area contributed by atoms with Gasteiger partial charge in [-0.15, -0.1) is 0 Å². The van der Waals surface area contributed by atoms with E-state index < -0.39 is 15.5 Å². The monoisotopic (exact) mass is 449 g/mol. The number of fused-ring (bicyclic) bond motifs is 5. The van der Waals surface area contributed by atoms with Gasteiger partial charge in [0.25, 0.3) is 17.5 Å². The van der Waals surface area contributed by atoms with Gasteiger partial charge in [0.2, 0.25) is 11.6 Å². The van der Waals surface area contributed by atoms with E-state index in [1.807, 2.05) is 12.2 Å². The number of nitrogens with zero attached hydrogens (tertiary/aromatic N) is 5. The van der Waals surface area contributed by atoms with Crippen molar-refractivity contribution < 1.29 is 24.2 Å². The van der Waals surface area contributed by atoms with Crippen LogP contribution in [0.15, 0.2) is 53.8 Å². The minimum atomic E-state index is -0.669. The predicted octanol–water partition coefficient (Wildman–Crippen LogP) is 2.83. The first-order valence-electron chi connectivity index (χ1n) is 10.0. The molecule has 12 heteroatoms. The molecule has 2 aromatic rings. The van der Waals surface area contributed by atoms with Crippen LogP contribution in [0.25, 0.3) is 0 Å². The number of allylic oxidation sites excluding steroid dienone is 2. The Kier molecular flexibility index (Phi) is 4.69. The Morgan fingerprint density at radius 1 is 1.03 bits per heavy atom. The highest BCUT2D eigenvalue weighted by molar-refractivity contribution is 6.06. The zero-order valence-corrected chi connectivity index (χ0v) is 16.8. The Hall–Kier alpha value is -4.48. The molecule has 33 heavy (non-hydrogen) atoms. The molecule has 2 fully saturated rings. The number of nitro groups is 2. The summed E-state index contributed by atoms with van der Waals surface area (Å²) >= 11 is 0. The largest absolute Gasteiger partial charge is 0.432 e. The van der Waals surface area contributed by atoms with E-state index in [1.165, 1.54) is 30.5 Å². The van der Waals surface area contributed by atoms with Crippen LogP contribution in [0.4, 0.5) is 11.4 Å². The number of carbonyl (C=O) groups excluding carboxylic acids is 2. The molecule has 2 amide bonds. The summed E-state index contributed by atoms with van der Waals surface area (Å²) < 4.78 is 5.41. The average molecular weight is 449 g/mol. The van der Waals surface area contributed by atoms with Crippen LogP contribution in [0, 0.1) is 43.9 Å². The molecule has 2 bridgehead atoms. The van der Waals surface area contributed by atoms with E-state index in [4.69, 9.17) is 4.74 Å². The minimum Gasteiger partial charge on any atom is -0.432 e. The van der Waals surface area contributed by atoms with E-state index >= 15 is 0 Å². The van der Waals surface area contributed by atoms with Gasteiger partial charge >= 0.3 is 5.69 Å². The second-order valence-electron chi connectivity index (χ2n) is 7.93. The molecule has 2 heterocycles. The van der Waals surface area contributed by atoms with Crippen molar-refractivity contribution >= 4 is 29.4 Å². The van der Waals surface area contributed by atoms with Gasteiger partial charge in [0, 0.05) is 23.8 Å². The van der Waals surface area contributed by atoms with Gasteiger partial charge in [-0.1, -0.05) is 12.2 Å². The molecule has 1 saturated carbocycles. The van der Waals surface area contributed by atoms with Gasteiger partial charge in [-0.25, -0.2) is 4.98 Å². The number of hydrogen-bond donors (Lipinski definition) is 0. The Morgan fingerprint density at radius 2 is 1.73 bits per heavy atom. The van der Waals surface area contributed by atoms with Gasteiger partial charge < -0.3 is 4.74 Å². The molecular formula is C21H15N5O7. The van der Waals surface area contributed by atoms with Crippen LogP contribution in [-0.2, 0) is 9.59 Å². The number of carbonyl (C=O) groups is 2. The minimum absolute atomic E-state index is 0.0576. The van der Waals surface area contributed by atoms with E-state index in [0.29, 0.717) is 0 Å². The third kappa shape index (κ3) is 3.41. The number of rotatable bonds is 6. The third-order valence-corrected chi connectivity index (χ3v) is 6.10. The lowest BCUT2D eigenvalue weighted by atomic mass is 9.85. The number of benzene rings is 1. The summed E-state index contributed by atoms with van der Waals surface area (Å²) in [6.45, 7) is 0. The van der Waals surface area contributed by atoms with E-state index in [1.54, 1.807) is 0 Å². The molecule has 166 valence electrons. The van der Waals surface area contributed by atoms with E-state index in [0.717, 1.165) is 23.7 Å². The number of hydrazone groups is 1. The quantitative estimate of drug-likeness (QED) is 0.214. The molecule has 0 spiro atoms. The lowest BCUT2D eigenvalue weighted by Gasteiger charge is -2.13. The first kappa shape index (κ1) is 20.4. The molecule has 1 aliphatic heterocycles. The molecule has 12 nitrogen and oxygen atoms in total. The number of amides is 2. The SMILES string of the molecule is O=C1[C@@H]2[C@H](C(=O)N1N=Cc1ccc(Oc3ccc([N+](=O)[O-])cn3)c([N+](=O)[O-])c1)[C@H]1C=C[C@H]2C1. The van der Waals surface area contributed by atoms with Crippen molar-refractivity contribution in [2.45, 2.75) is 6.42 Å². The molecular weight excluding hydrogens is 434 g/mol. The van der Waals surface area contributed by atoms with E-state index in [9.17, 15) is 29.8 Å².